The van der Waals surface area contributed by atoms with E-state index >= 15 is 0 Å². The normalized spacial score (nSPS) is 12.0. The van der Waals surface area contributed by atoms with Crippen LogP contribution in [0.2, 0.25) is 0 Å². The second kappa shape index (κ2) is 5.11. The average molecular weight is 274 g/mol. The van der Waals surface area contributed by atoms with Crippen LogP contribution >= 0.6 is 11.8 Å². The monoisotopic (exact) mass is 274 g/mol. The number of benzene rings is 1. The third kappa shape index (κ3) is 2.73. The molecule has 0 spiro atoms. The molecule has 0 bridgehead atoms. The van der Waals surface area contributed by atoms with Gasteiger partial charge in [0.15, 0.2) is 0 Å². The van der Waals surface area contributed by atoms with Crippen LogP contribution in [0.3, 0.4) is 0 Å². The highest BCUT2D eigenvalue weighted by atomic mass is 32.2. The van der Waals surface area contributed by atoms with Crippen LogP contribution in [0.4, 0.5) is 13.2 Å². The summed E-state index contributed by atoms with van der Waals surface area (Å²) in [7, 11) is 0. The predicted octanol–water partition coefficient (Wildman–Crippen LogP) is 2.73. The standard InChI is InChI=1S/C11H9F3N2OS/c12-11(13,14)10-15-8-4-2-1-3-7(8)9(16-10)18-6-5-17/h1-4,17H,5-6H2. The number of thioether (sulfide) groups is 1. The highest BCUT2D eigenvalue weighted by Gasteiger charge is 2.35. The topological polar surface area (TPSA) is 46.0 Å². The summed E-state index contributed by atoms with van der Waals surface area (Å²) in [6.45, 7) is -0.121. The number of alkyl halides is 3. The van der Waals surface area contributed by atoms with Crippen LogP contribution in [0.25, 0.3) is 10.9 Å². The number of fused-ring (bicyclic) bond motifs is 1. The van der Waals surface area contributed by atoms with Crippen molar-refractivity contribution in [2.45, 2.75) is 11.2 Å². The molecule has 1 aromatic heterocycles. The van der Waals surface area contributed by atoms with E-state index in [1.165, 1.54) is 6.07 Å². The van der Waals surface area contributed by atoms with Gasteiger partial charge in [0.1, 0.15) is 5.03 Å². The van der Waals surface area contributed by atoms with E-state index in [4.69, 9.17) is 5.11 Å². The van der Waals surface area contributed by atoms with Crippen molar-refractivity contribution in [3.05, 3.63) is 30.1 Å². The fraction of sp³-hybridized carbons (Fsp3) is 0.273. The maximum Gasteiger partial charge on any atom is 0.451 e. The number of nitrogens with zero attached hydrogens (tertiary/aromatic N) is 2. The van der Waals surface area contributed by atoms with E-state index in [0.717, 1.165) is 11.8 Å². The summed E-state index contributed by atoms with van der Waals surface area (Å²) >= 11 is 1.08. The third-order valence-corrected chi connectivity index (χ3v) is 3.12. The van der Waals surface area contributed by atoms with Gasteiger partial charge in [0.05, 0.1) is 12.1 Å². The molecule has 0 aliphatic rings. The number of aliphatic hydroxyl groups excluding tert-OH is 1. The molecule has 96 valence electrons. The van der Waals surface area contributed by atoms with E-state index in [0.29, 0.717) is 5.39 Å². The Morgan fingerprint density at radius 3 is 2.56 bits per heavy atom. The van der Waals surface area contributed by atoms with Gasteiger partial charge < -0.3 is 5.11 Å². The molecule has 0 unspecified atom stereocenters. The minimum atomic E-state index is -4.57. The van der Waals surface area contributed by atoms with Crippen LogP contribution in [0.1, 0.15) is 5.82 Å². The van der Waals surface area contributed by atoms with Crippen LogP contribution in [-0.4, -0.2) is 27.4 Å². The second-order valence-electron chi connectivity index (χ2n) is 3.44. The highest BCUT2D eigenvalue weighted by molar-refractivity contribution is 7.99. The van der Waals surface area contributed by atoms with Gasteiger partial charge in [-0.05, 0) is 6.07 Å². The van der Waals surface area contributed by atoms with Gasteiger partial charge in [-0.25, -0.2) is 9.97 Å². The molecular formula is C11H9F3N2OS. The lowest BCUT2D eigenvalue weighted by Crippen LogP contribution is -2.12. The zero-order valence-electron chi connectivity index (χ0n) is 9.11. The predicted molar refractivity (Wildman–Crippen MR) is 62.3 cm³/mol. The van der Waals surface area contributed by atoms with Crippen molar-refractivity contribution in [1.82, 2.24) is 9.97 Å². The third-order valence-electron chi connectivity index (χ3n) is 2.15. The molecule has 1 heterocycles. The number of rotatable bonds is 3. The first-order chi connectivity index (χ1) is 8.52. The Labute approximate surface area is 105 Å². The Morgan fingerprint density at radius 1 is 1.17 bits per heavy atom. The zero-order valence-corrected chi connectivity index (χ0v) is 9.92. The summed E-state index contributed by atoms with van der Waals surface area (Å²) in [4.78, 5) is 7.03. The van der Waals surface area contributed by atoms with Crippen molar-refractivity contribution >= 4 is 22.7 Å². The lowest BCUT2D eigenvalue weighted by molar-refractivity contribution is -0.145. The van der Waals surface area contributed by atoms with Gasteiger partial charge in [0.2, 0.25) is 5.82 Å². The number of aliphatic hydroxyl groups is 1. The summed E-state index contributed by atoms with van der Waals surface area (Å²) in [6, 6.07) is 6.50. The smallest absolute Gasteiger partial charge is 0.396 e. The fourth-order valence-corrected chi connectivity index (χ4v) is 2.19. The molecule has 0 saturated heterocycles. The molecule has 0 saturated carbocycles. The molecular weight excluding hydrogens is 265 g/mol. The molecule has 0 amide bonds. The first kappa shape index (κ1) is 13.1. The summed E-state index contributed by atoms with van der Waals surface area (Å²) in [5.74, 6) is -0.861. The minimum Gasteiger partial charge on any atom is -0.396 e. The van der Waals surface area contributed by atoms with Crippen molar-refractivity contribution in [1.29, 1.82) is 0 Å². The molecule has 2 aromatic rings. The van der Waals surface area contributed by atoms with Gasteiger partial charge in [-0.2, -0.15) is 13.2 Å². The van der Waals surface area contributed by atoms with Crippen molar-refractivity contribution in [2.24, 2.45) is 0 Å². The Kier molecular flexibility index (Phi) is 3.72. The minimum absolute atomic E-state index is 0.121. The van der Waals surface area contributed by atoms with Crippen LogP contribution in [0.15, 0.2) is 29.3 Å². The quantitative estimate of drug-likeness (QED) is 0.690. The number of hydrogen-bond donors (Lipinski definition) is 1. The molecule has 1 aromatic carbocycles. The number of aromatic nitrogens is 2. The van der Waals surface area contributed by atoms with E-state index in [1.807, 2.05) is 0 Å². The molecule has 3 nitrogen and oxygen atoms in total. The van der Waals surface area contributed by atoms with Gasteiger partial charge in [-0.3, -0.25) is 0 Å². The first-order valence-corrected chi connectivity index (χ1v) is 6.08. The molecule has 1 N–H and O–H groups in total. The Bertz CT molecular complexity index is 559. The van der Waals surface area contributed by atoms with Gasteiger partial charge in [-0.15, -0.1) is 11.8 Å². The largest absolute Gasteiger partial charge is 0.451 e. The Hall–Kier alpha value is -1.34. The molecule has 7 heteroatoms. The van der Waals surface area contributed by atoms with Crippen LogP contribution in [0.5, 0.6) is 0 Å². The lowest BCUT2D eigenvalue weighted by Gasteiger charge is -2.09. The maximum absolute atomic E-state index is 12.6. The van der Waals surface area contributed by atoms with Crippen molar-refractivity contribution in [3.63, 3.8) is 0 Å². The van der Waals surface area contributed by atoms with Crippen molar-refractivity contribution in [2.75, 3.05) is 12.4 Å². The van der Waals surface area contributed by atoms with Gasteiger partial charge in [-0.1, -0.05) is 18.2 Å². The number of para-hydroxylation sites is 1. The number of halogens is 3. The Balaban J connectivity index is 2.57. The summed E-state index contributed by atoms with van der Waals surface area (Å²) in [5, 5.41) is 9.54. The van der Waals surface area contributed by atoms with E-state index in [-0.39, 0.29) is 22.9 Å². The van der Waals surface area contributed by atoms with E-state index in [2.05, 4.69) is 9.97 Å². The van der Waals surface area contributed by atoms with Gasteiger partial charge in [0, 0.05) is 11.1 Å². The van der Waals surface area contributed by atoms with Crippen LogP contribution < -0.4 is 0 Å². The van der Waals surface area contributed by atoms with E-state index in [1.54, 1.807) is 18.2 Å². The molecule has 0 aliphatic carbocycles. The molecule has 2 rings (SSSR count). The van der Waals surface area contributed by atoms with E-state index < -0.39 is 12.0 Å². The highest BCUT2D eigenvalue weighted by Crippen LogP contribution is 2.31. The van der Waals surface area contributed by atoms with Crippen LogP contribution in [0, 0.1) is 0 Å². The van der Waals surface area contributed by atoms with Crippen molar-refractivity contribution < 1.29 is 18.3 Å². The molecule has 18 heavy (non-hydrogen) atoms. The summed E-state index contributed by atoms with van der Waals surface area (Å²) in [6.07, 6.45) is -4.57. The molecule has 0 aliphatic heterocycles. The lowest BCUT2D eigenvalue weighted by atomic mass is 10.2. The van der Waals surface area contributed by atoms with Crippen molar-refractivity contribution in [3.8, 4) is 0 Å². The maximum atomic E-state index is 12.6. The van der Waals surface area contributed by atoms with Gasteiger partial charge >= 0.3 is 6.18 Å². The summed E-state index contributed by atoms with van der Waals surface area (Å²) in [5.41, 5.74) is 0.250. The second-order valence-corrected chi connectivity index (χ2v) is 4.52. The number of hydrogen-bond acceptors (Lipinski definition) is 4. The summed E-state index contributed by atoms with van der Waals surface area (Å²) < 4.78 is 37.9. The fourth-order valence-electron chi connectivity index (χ4n) is 1.43. The molecule has 0 radical (unpaired) electrons. The van der Waals surface area contributed by atoms with E-state index in [9.17, 15) is 13.2 Å². The Morgan fingerprint density at radius 2 is 1.89 bits per heavy atom. The first-order valence-electron chi connectivity index (χ1n) is 5.10. The van der Waals surface area contributed by atoms with Crippen LogP contribution in [-0.2, 0) is 6.18 Å². The average Bonchev–Trinajstić information content (AvgIpc) is 2.34. The molecule has 0 fully saturated rings. The van der Waals surface area contributed by atoms with Gasteiger partial charge in [0.25, 0.3) is 0 Å². The SMILES string of the molecule is OCCSc1nc(C(F)(F)F)nc2ccccc12. The molecule has 0 atom stereocenters. The zero-order chi connectivity index (χ0) is 13.2.